The number of aromatic nitrogens is 3. The third kappa shape index (κ3) is 5.44. The van der Waals surface area contributed by atoms with Crippen LogP contribution in [0.5, 0.6) is 0 Å². The lowest BCUT2D eigenvalue weighted by Gasteiger charge is -2.10. The Kier molecular flexibility index (Phi) is 6.50. The fraction of sp³-hybridized carbons (Fsp3) is 0.389. The second kappa shape index (κ2) is 9.05. The number of hydrogen-bond donors (Lipinski definition) is 2. The van der Waals surface area contributed by atoms with Crippen LogP contribution < -0.4 is 10.6 Å². The summed E-state index contributed by atoms with van der Waals surface area (Å²) < 4.78 is 39.7. The van der Waals surface area contributed by atoms with Crippen LogP contribution in [-0.4, -0.2) is 40.0 Å². The molecule has 28 heavy (non-hydrogen) atoms. The quantitative estimate of drug-likeness (QED) is 0.464. The molecule has 0 aliphatic rings. The number of nitrogens with zero attached hydrogens (tertiary/aromatic N) is 4. The second-order valence-electron chi connectivity index (χ2n) is 6.01. The topological polar surface area (TPSA) is 66.6 Å². The number of hydrogen-bond acceptors (Lipinski definition) is 4. The van der Waals surface area contributed by atoms with Gasteiger partial charge in [-0.3, -0.25) is 4.99 Å². The van der Waals surface area contributed by atoms with E-state index in [-0.39, 0.29) is 0 Å². The van der Waals surface area contributed by atoms with Gasteiger partial charge in [-0.15, -0.1) is 11.3 Å². The highest BCUT2D eigenvalue weighted by Gasteiger charge is 2.33. The minimum atomic E-state index is -4.40. The first-order valence-corrected chi connectivity index (χ1v) is 9.80. The molecule has 10 heteroatoms. The molecule has 0 aliphatic heterocycles. The lowest BCUT2D eigenvalue weighted by molar-refractivity contribution is -0.140. The van der Waals surface area contributed by atoms with Crippen molar-refractivity contribution in [1.29, 1.82) is 0 Å². The van der Waals surface area contributed by atoms with Crippen molar-refractivity contribution in [3.63, 3.8) is 0 Å². The van der Waals surface area contributed by atoms with Gasteiger partial charge in [0.25, 0.3) is 0 Å². The Bertz CT molecular complexity index is 898. The van der Waals surface area contributed by atoms with Gasteiger partial charge in [-0.2, -0.15) is 13.2 Å². The summed E-state index contributed by atoms with van der Waals surface area (Å²) in [6.07, 6.45) is 0.638. The van der Waals surface area contributed by atoms with Crippen LogP contribution in [0.1, 0.15) is 23.3 Å². The van der Waals surface area contributed by atoms with Crippen LogP contribution in [0.15, 0.2) is 41.0 Å². The lowest BCUT2D eigenvalue weighted by atomic mass is 10.3. The maximum atomic E-state index is 12.6. The molecule has 0 atom stereocenters. The summed E-state index contributed by atoms with van der Waals surface area (Å²) in [7, 11) is 0. The monoisotopic (exact) mass is 410 g/mol. The summed E-state index contributed by atoms with van der Waals surface area (Å²) in [6, 6.07) is 5.85. The first-order valence-electron chi connectivity index (χ1n) is 8.92. The molecule has 3 heterocycles. The van der Waals surface area contributed by atoms with E-state index < -0.39 is 11.9 Å². The molecule has 0 radical (unpaired) electrons. The van der Waals surface area contributed by atoms with Crippen molar-refractivity contribution in [3.05, 3.63) is 52.4 Å². The van der Waals surface area contributed by atoms with Crippen molar-refractivity contribution < 1.29 is 13.2 Å². The fourth-order valence-electron chi connectivity index (χ4n) is 2.58. The van der Waals surface area contributed by atoms with Crippen molar-refractivity contribution in [2.24, 2.45) is 4.99 Å². The Hall–Kier alpha value is -2.62. The minimum Gasteiger partial charge on any atom is -0.357 e. The molecule has 0 saturated heterocycles. The molecule has 2 N–H and O–H groups in total. The number of imidazole rings is 1. The molecule has 3 rings (SSSR count). The average molecular weight is 410 g/mol. The molecule has 0 bridgehead atoms. The summed E-state index contributed by atoms with van der Waals surface area (Å²) in [6.45, 7) is 3.64. The van der Waals surface area contributed by atoms with E-state index >= 15 is 0 Å². The number of nitrogens with one attached hydrogen (secondary N) is 2. The Balaban J connectivity index is 1.50. The number of pyridine rings is 1. The van der Waals surface area contributed by atoms with Gasteiger partial charge in [0.05, 0.1) is 10.7 Å². The third-order valence-electron chi connectivity index (χ3n) is 3.87. The fourth-order valence-corrected chi connectivity index (χ4v) is 3.37. The molecule has 150 valence electrons. The number of guanidine groups is 1. The molecule has 0 unspecified atom stereocenters. The zero-order valence-electron chi connectivity index (χ0n) is 15.3. The van der Waals surface area contributed by atoms with E-state index in [0.717, 1.165) is 34.5 Å². The van der Waals surface area contributed by atoms with Crippen LogP contribution >= 0.6 is 11.3 Å². The van der Waals surface area contributed by atoms with Crippen LogP contribution in [0.3, 0.4) is 0 Å². The summed E-state index contributed by atoms with van der Waals surface area (Å²) in [4.78, 5) is 12.6. The van der Waals surface area contributed by atoms with E-state index in [1.165, 1.54) is 0 Å². The van der Waals surface area contributed by atoms with E-state index in [0.29, 0.717) is 37.0 Å². The van der Waals surface area contributed by atoms with Gasteiger partial charge in [-0.25, -0.2) is 9.97 Å². The number of aliphatic imine (C=N–C) groups is 1. The maximum Gasteiger partial charge on any atom is 0.434 e. The van der Waals surface area contributed by atoms with Gasteiger partial charge in [-0.05, 0) is 19.1 Å². The first kappa shape index (κ1) is 20.1. The van der Waals surface area contributed by atoms with E-state index in [1.807, 2.05) is 41.9 Å². The normalized spacial score (nSPS) is 12.5. The molecule has 3 aromatic rings. The van der Waals surface area contributed by atoms with Gasteiger partial charge >= 0.3 is 6.18 Å². The number of alkyl halides is 3. The molecule has 0 aromatic carbocycles. The molecular formula is C18H21F3N6S. The molecule has 3 aromatic heterocycles. The van der Waals surface area contributed by atoms with Gasteiger partial charge in [0.2, 0.25) is 0 Å². The highest BCUT2D eigenvalue weighted by atomic mass is 32.1. The molecule has 6 nitrogen and oxygen atoms in total. The minimum absolute atomic E-state index is 0.356. The molecule has 0 amide bonds. The highest BCUT2D eigenvalue weighted by molar-refractivity contribution is 7.09. The van der Waals surface area contributed by atoms with Crippen LogP contribution in [0.25, 0.3) is 5.65 Å². The summed E-state index contributed by atoms with van der Waals surface area (Å²) >= 11 is 1.01. The zero-order chi connectivity index (χ0) is 20.0. The predicted octanol–water partition coefficient (Wildman–Crippen LogP) is 3.15. The van der Waals surface area contributed by atoms with Gasteiger partial charge in [0, 0.05) is 50.2 Å². The number of thiazole rings is 1. The van der Waals surface area contributed by atoms with Crippen molar-refractivity contribution in [2.45, 2.75) is 25.9 Å². The molecule has 0 fully saturated rings. The standard InChI is InChI=1S/C18H21F3N6S/c1-2-22-17(24-9-7-16-26-14(12-28-16)18(19,20)21)23-8-6-13-11-27-10-4-3-5-15(27)25-13/h3-5,10-12H,2,6-9H2,1H3,(H2,22,23,24). The van der Waals surface area contributed by atoms with Crippen LogP contribution in [0.2, 0.25) is 0 Å². The summed E-state index contributed by atoms with van der Waals surface area (Å²) in [5.74, 6) is 0.624. The van der Waals surface area contributed by atoms with Gasteiger partial charge in [0.15, 0.2) is 11.7 Å². The highest BCUT2D eigenvalue weighted by Crippen LogP contribution is 2.30. The Morgan fingerprint density at radius 2 is 2.07 bits per heavy atom. The van der Waals surface area contributed by atoms with E-state index in [4.69, 9.17) is 0 Å². The molecular weight excluding hydrogens is 389 g/mol. The van der Waals surface area contributed by atoms with Crippen LogP contribution in [0.4, 0.5) is 13.2 Å². The molecule has 0 aliphatic carbocycles. The largest absolute Gasteiger partial charge is 0.434 e. The van der Waals surface area contributed by atoms with Crippen molar-refractivity contribution in [3.8, 4) is 0 Å². The Morgan fingerprint density at radius 1 is 1.21 bits per heavy atom. The molecule has 0 spiro atoms. The zero-order valence-corrected chi connectivity index (χ0v) is 16.1. The van der Waals surface area contributed by atoms with E-state index in [1.54, 1.807) is 0 Å². The maximum absolute atomic E-state index is 12.6. The third-order valence-corrected chi connectivity index (χ3v) is 4.78. The smallest absolute Gasteiger partial charge is 0.357 e. The van der Waals surface area contributed by atoms with Crippen molar-refractivity contribution >= 4 is 22.9 Å². The van der Waals surface area contributed by atoms with Gasteiger partial charge < -0.3 is 15.0 Å². The molecule has 0 saturated carbocycles. The number of halogens is 3. The van der Waals surface area contributed by atoms with E-state index in [9.17, 15) is 13.2 Å². The van der Waals surface area contributed by atoms with Crippen LogP contribution in [0, 0.1) is 0 Å². The van der Waals surface area contributed by atoms with Crippen molar-refractivity contribution in [1.82, 2.24) is 25.0 Å². The van der Waals surface area contributed by atoms with E-state index in [2.05, 4.69) is 25.6 Å². The number of fused-ring (bicyclic) bond motifs is 1. The SMILES string of the molecule is CCNC(=NCCc1nc(C(F)(F)F)cs1)NCCc1cn2ccccc2n1. The predicted molar refractivity (Wildman–Crippen MR) is 104 cm³/mol. The average Bonchev–Trinajstić information content (AvgIpc) is 3.28. The van der Waals surface area contributed by atoms with Gasteiger partial charge in [-0.1, -0.05) is 6.07 Å². The van der Waals surface area contributed by atoms with Gasteiger partial charge in [0.1, 0.15) is 5.65 Å². The van der Waals surface area contributed by atoms with Crippen molar-refractivity contribution in [2.75, 3.05) is 19.6 Å². The Morgan fingerprint density at radius 3 is 2.79 bits per heavy atom. The Labute approximate surface area is 164 Å². The lowest BCUT2D eigenvalue weighted by Crippen LogP contribution is -2.38. The van der Waals surface area contributed by atoms with Crippen LogP contribution in [-0.2, 0) is 19.0 Å². The summed E-state index contributed by atoms with van der Waals surface area (Å²) in [5, 5.41) is 7.82. The summed E-state index contributed by atoms with van der Waals surface area (Å²) in [5.41, 5.74) is 1.03. The first-order chi connectivity index (χ1) is 13.5. The number of rotatable bonds is 7. The second-order valence-corrected chi connectivity index (χ2v) is 6.95.